The number of hydrogen-bond acceptors (Lipinski definition) is 6. The van der Waals surface area contributed by atoms with Gasteiger partial charge in [-0.2, -0.15) is 0 Å². The van der Waals surface area contributed by atoms with Crippen molar-refractivity contribution in [1.29, 1.82) is 0 Å². The number of hydrogen-bond donors (Lipinski definition) is 3. The zero-order valence-corrected chi connectivity index (χ0v) is 22.3. The third-order valence-electron chi connectivity index (χ3n) is 6.32. The number of pyridine rings is 1. The highest BCUT2D eigenvalue weighted by Crippen LogP contribution is 2.32. The fourth-order valence-electron chi connectivity index (χ4n) is 4.10. The molecular formula is C29H26ClN5O5. The number of halogens is 1. The molecule has 1 fully saturated rings. The SMILES string of the molecule is C#Cc1cc(OC)c(NC(=O)c2ccc(N=CN3CCC(C(=O)O)CC3)cc2)c(C(=O)Nc2ccc(Cl)cn2)c1. The number of carboxylic acid groups (broad SMARTS) is 1. The molecule has 2 heterocycles. The minimum Gasteiger partial charge on any atom is -0.495 e. The van der Waals surface area contributed by atoms with Crippen LogP contribution in [0.25, 0.3) is 0 Å². The lowest BCUT2D eigenvalue weighted by atomic mass is 9.98. The van der Waals surface area contributed by atoms with Crippen molar-refractivity contribution in [3.05, 3.63) is 76.4 Å². The molecule has 11 heteroatoms. The maximum absolute atomic E-state index is 13.2. The van der Waals surface area contributed by atoms with E-state index in [0.717, 1.165) is 0 Å². The molecule has 10 nitrogen and oxygen atoms in total. The molecule has 0 atom stereocenters. The Hall–Kier alpha value is -4.88. The molecule has 0 radical (unpaired) electrons. The van der Waals surface area contributed by atoms with Gasteiger partial charge in [-0.3, -0.25) is 14.4 Å². The first-order valence-corrected chi connectivity index (χ1v) is 12.7. The smallest absolute Gasteiger partial charge is 0.306 e. The second-order valence-electron chi connectivity index (χ2n) is 8.96. The van der Waals surface area contributed by atoms with Crippen molar-refractivity contribution >= 4 is 52.9 Å². The van der Waals surface area contributed by atoms with Gasteiger partial charge in [0.2, 0.25) is 0 Å². The van der Waals surface area contributed by atoms with Crippen LogP contribution in [0.15, 0.2) is 59.7 Å². The van der Waals surface area contributed by atoms with Crippen molar-refractivity contribution in [2.24, 2.45) is 10.9 Å². The number of nitrogens with one attached hydrogen (secondary N) is 2. The van der Waals surface area contributed by atoms with Crippen molar-refractivity contribution in [2.75, 3.05) is 30.8 Å². The molecule has 1 saturated heterocycles. The van der Waals surface area contributed by atoms with Crippen LogP contribution in [0, 0.1) is 18.3 Å². The van der Waals surface area contributed by atoms with Crippen LogP contribution >= 0.6 is 11.6 Å². The summed E-state index contributed by atoms with van der Waals surface area (Å²) in [7, 11) is 1.41. The predicted octanol–water partition coefficient (Wildman–Crippen LogP) is 4.69. The Kier molecular flexibility index (Phi) is 8.99. The number of terminal acetylenes is 1. The number of carbonyl (C=O) groups is 3. The number of aliphatic carboxylic acids is 1. The summed E-state index contributed by atoms with van der Waals surface area (Å²) < 4.78 is 5.43. The number of benzene rings is 2. The summed E-state index contributed by atoms with van der Waals surface area (Å²) in [6, 6.07) is 12.7. The Morgan fingerprint density at radius 1 is 1.12 bits per heavy atom. The van der Waals surface area contributed by atoms with Crippen molar-refractivity contribution in [3.8, 4) is 18.1 Å². The van der Waals surface area contributed by atoms with E-state index in [1.807, 2.05) is 4.90 Å². The van der Waals surface area contributed by atoms with Gasteiger partial charge in [0.25, 0.3) is 11.8 Å². The molecule has 1 aliphatic rings. The molecular weight excluding hydrogens is 534 g/mol. The van der Waals surface area contributed by atoms with Crippen LogP contribution in [0.1, 0.15) is 39.1 Å². The predicted molar refractivity (Wildman–Crippen MR) is 153 cm³/mol. The number of likely N-dealkylation sites (tertiary alicyclic amines) is 1. The molecule has 0 bridgehead atoms. The lowest BCUT2D eigenvalue weighted by Crippen LogP contribution is -2.35. The van der Waals surface area contributed by atoms with Crippen LogP contribution in [0.4, 0.5) is 17.2 Å². The van der Waals surface area contributed by atoms with Crippen LogP contribution in [-0.2, 0) is 4.79 Å². The fourth-order valence-corrected chi connectivity index (χ4v) is 4.21. The number of rotatable bonds is 8. The first kappa shape index (κ1) is 28.1. The first-order valence-electron chi connectivity index (χ1n) is 12.3. The number of methoxy groups -OCH3 is 1. The highest BCUT2D eigenvalue weighted by Gasteiger charge is 2.23. The van der Waals surface area contributed by atoms with Crippen LogP contribution in [0.3, 0.4) is 0 Å². The number of amides is 2. The number of nitrogens with zero attached hydrogens (tertiary/aromatic N) is 3. The lowest BCUT2D eigenvalue weighted by molar-refractivity contribution is -0.143. The van der Waals surface area contributed by atoms with Crippen LogP contribution in [0.2, 0.25) is 5.02 Å². The summed E-state index contributed by atoms with van der Waals surface area (Å²) in [5, 5.41) is 15.0. The molecule has 40 heavy (non-hydrogen) atoms. The van der Waals surface area contributed by atoms with E-state index in [1.54, 1.807) is 48.8 Å². The van der Waals surface area contributed by atoms with Gasteiger partial charge in [-0.15, -0.1) is 6.42 Å². The van der Waals surface area contributed by atoms with Gasteiger partial charge in [-0.25, -0.2) is 9.98 Å². The van der Waals surface area contributed by atoms with E-state index in [4.69, 9.17) is 27.9 Å². The molecule has 2 aromatic carbocycles. The molecule has 0 spiro atoms. The van der Waals surface area contributed by atoms with E-state index in [9.17, 15) is 14.4 Å². The van der Waals surface area contributed by atoms with Gasteiger partial charge in [0, 0.05) is 30.4 Å². The van der Waals surface area contributed by atoms with Crippen molar-refractivity contribution in [2.45, 2.75) is 12.8 Å². The van der Waals surface area contributed by atoms with E-state index in [2.05, 4.69) is 26.5 Å². The average molecular weight is 560 g/mol. The zero-order valence-electron chi connectivity index (χ0n) is 21.6. The lowest BCUT2D eigenvalue weighted by Gasteiger charge is -2.28. The van der Waals surface area contributed by atoms with E-state index in [0.29, 0.717) is 47.8 Å². The topological polar surface area (TPSA) is 133 Å². The minimum atomic E-state index is -0.763. The first-order chi connectivity index (χ1) is 19.3. The highest BCUT2D eigenvalue weighted by molar-refractivity contribution is 6.30. The number of aliphatic imine (C=N–C) groups is 1. The molecule has 1 aliphatic heterocycles. The Morgan fingerprint density at radius 3 is 2.45 bits per heavy atom. The monoisotopic (exact) mass is 559 g/mol. The number of anilines is 2. The van der Waals surface area contributed by atoms with Gasteiger partial charge in [0.1, 0.15) is 11.6 Å². The zero-order chi connectivity index (χ0) is 28.6. The van der Waals surface area contributed by atoms with Gasteiger partial charge in [-0.1, -0.05) is 17.5 Å². The molecule has 3 N–H and O–H groups in total. The third-order valence-corrected chi connectivity index (χ3v) is 6.54. The Labute approximate surface area is 236 Å². The summed E-state index contributed by atoms with van der Waals surface area (Å²) >= 11 is 5.87. The molecule has 0 saturated carbocycles. The quantitative estimate of drug-likeness (QED) is 0.207. The normalized spacial score (nSPS) is 13.5. The van der Waals surface area contributed by atoms with E-state index >= 15 is 0 Å². The third kappa shape index (κ3) is 6.95. The van der Waals surface area contributed by atoms with E-state index in [-0.39, 0.29) is 28.7 Å². The standard InChI is InChI=1S/C29H26ClN5O5/c1-3-18-14-23(28(37)33-25-9-6-21(30)16-31-25)26(24(15-18)40-2)34-27(36)19-4-7-22(8-5-19)32-17-35-12-10-20(11-13-35)29(38)39/h1,4-9,14-17,20H,10-13H2,2H3,(H,34,36)(H,38,39)(H,31,33,37). The summed E-state index contributed by atoms with van der Waals surface area (Å²) in [6.07, 6.45) is 9.79. The molecule has 2 amide bonds. The van der Waals surface area contributed by atoms with Crippen LogP contribution in [-0.4, -0.2) is 59.3 Å². The maximum Gasteiger partial charge on any atom is 0.306 e. The van der Waals surface area contributed by atoms with Crippen molar-refractivity contribution in [1.82, 2.24) is 9.88 Å². The molecule has 3 aromatic rings. The van der Waals surface area contributed by atoms with Gasteiger partial charge in [-0.05, 0) is 61.4 Å². The molecule has 4 rings (SSSR count). The van der Waals surface area contributed by atoms with Gasteiger partial charge >= 0.3 is 5.97 Å². The largest absolute Gasteiger partial charge is 0.495 e. The second-order valence-corrected chi connectivity index (χ2v) is 9.39. The molecule has 204 valence electrons. The van der Waals surface area contributed by atoms with Gasteiger partial charge in [0.15, 0.2) is 0 Å². The summed E-state index contributed by atoms with van der Waals surface area (Å²) in [4.78, 5) is 47.9. The van der Waals surface area contributed by atoms with E-state index < -0.39 is 17.8 Å². The van der Waals surface area contributed by atoms with Gasteiger partial charge in [0.05, 0.1) is 41.3 Å². The maximum atomic E-state index is 13.2. The summed E-state index contributed by atoms with van der Waals surface area (Å²) in [5.41, 5.74) is 1.58. The van der Waals surface area contributed by atoms with Crippen LogP contribution < -0.4 is 15.4 Å². The van der Waals surface area contributed by atoms with Gasteiger partial charge < -0.3 is 25.4 Å². The van der Waals surface area contributed by atoms with Crippen LogP contribution in [0.5, 0.6) is 5.75 Å². The molecule has 1 aromatic heterocycles. The van der Waals surface area contributed by atoms with E-state index in [1.165, 1.54) is 19.4 Å². The summed E-state index contributed by atoms with van der Waals surface area (Å²) in [5.74, 6) is 0.847. The number of ether oxygens (including phenoxy) is 1. The summed E-state index contributed by atoms with van der Waals surface area (Å²) in [6.45, 7) is 1.23. The Bertz CT molecular complexity index is 1470. The Balaban J connectivity index is 1.49. The van der Waals surface area contributed by atoms with Crippen molar-refractivity contribution in [3.63, 3.8) is 0 Å². The van der Waals surface area contributed by atoms with Crippen molar-refractivity contribution < 1.29 is 24.2 Å². The molecule has 0 unspecified atom stereocenters. The average Bonchev–Trinajstić information content (AvgIpc) is 2.97. The number of piperidine rings is 1. The number of carbonyl (C=O) groups excluding carboxylic acids is 2. The minimum absolute atomic E-state index is 0.0882. The number of carboxylic acids is 1. The Morgan fingerprint density at radius 2 is 1.85 bits per heavy atom. The second kappa shape index (κ2) is 12.8. The fraction of sp³-hybridized carbons (Fsp3) is 0.207. The highest BCUT2D eigenvalue weighted by atomic mass is 35.5. The molecule has 0 aliphatic carbocycles. The number of aromatic nitrogens is 1.